The van der Waals surface area contributed by atoms with E-state index in [1.807, 2.05) is 30.3 Å². The number of esters is 1. The van der Waals surface area contributed by atoms with Crippen molar-refractivity contribution in [2.45, 2.75) is 12.8 Å². The second kappa shape index (κ2) is 6.30. The van der Waals surface area contributed by atoms with E-state index < -0.39 is 0 Å². The first-order valence-electron chi connectivity index (χ1n) is 8.93. The quantitative estimate of drug-likeness (QED) is 0.791. The van der Waals surface area contributed by atoms with Gasteiger partial charge in [0.2, 0.25) is 6.79 Å². The number of rotatable bonds is 3. The van der Waals surface area contributed by atoms with Crippen LogP contribution in [0.2, 0.25) is 0 Å². The molecule has 0 aliphatic carbocycles. The Labute approximate surface area is 151 Å². The van der Waals surface area contributed by atoms with Crippen molar-refractivity contribution in [3.63, 3.8) is 0 Å². The Bertz CT molecular complexity index is 845. The molecule has 26 heavy (non-hydrogen) atoms. The molecule has 0 spiro atoms. The molecule has 0 amide bonds. The molecule has 0 saturated carbocycles. The van der Waals surface area contributed by atoms with Crippen LogP contribution in [-0.4, -0.2) is 48.7 Å². The standard InChI is InChI=1S/C20H20N2O4/c23-20-16-4-2-1-3-15(16)19(26-20)22-9-7-21(8-10-22)12-14-5-6-17-18(11-14)25-13-24-17/h1-6,11,19H,7-10,12-13H2. The molecule has 0 N–H and O–H groups in total. The van der Waals surface area contributed by atoms with Crippen LogP contribution in [0.3, 0.4) is 0 Å². The van der Waals surface area contributed by atoms with Crippen LogP contribution in [-0.2, 0) is 11.3 Å². The summed E-state index contributed by atoms with van der Waals surface area (Å²) in [5.74, 6) is 1.43. The fourth-order valence-electron chi connectivity index (χ4n) is 3.85. The van der Waals surface area contributed by atoms with E-state index in [1.54, 1.807) is 0 Å². The first kappa shape index (κ1) is 15.7. The number of benzene rings is 2. The van der Waals surface area contributed by atoms with Gasteiger partial charge in [0.25, 0.3) is 0 Å². The van der Waals surface area contributed by atoms with Crippen molar-refractivity contribution in [1.82, 2.24) is 9.80 Å². The minimum Gasteiger partial charge on any atom is -0.454 e. The van der Waals surface area contributed by atoms with E-state index in [-0.39, 0.29) is 12.2 Å². The molecule has 3 heterocycles. The Morgan fingerprint density at radius 2 is 1.77 bits per heavy atom. The van der Waals surface area contributed by atoms with Crippen LogP contribution in [0.5, 0.6) is 11.5 Å². The van der Waals surface area contributed by atoms with E-state index in [9.17, 15) is 4.79 Å². The smallest absolute Gasteiger partial charge is 0.340 e. The highest BCUT2D eigenvalue weighted by atomic mass is 16.7. The van der Waals surface area contributed by atoms with Gasteiger partial charge in [-0.1, -0.05) is 24.3 Å². The maximum absolute atomic E-state index is 12.0. The molecule has 134 valence electrons. The first-order valence-corrected chi connectivity index (χ1v) is 8.93. The third kappa shape index (κ3) is 2.71. The van der Waals surface area contributed by atoms with Crippen molar-refractivity contribution >= 4 is 5.97 Å². The van der Waals surface area contributed by atoms with Crippen molar-refractivity contribution in [2.24, 2.45) is 0 Å². The summed E-state index contributed by atoms with van der Waals surface area (Å²) in [7, 11) is 0. The number of carbonyl (C=O) groups excluding carboxylic acids is 1. The average Bonchev–Trinajstić information content (AvgIpc) is 3.27. The fraction of sp³-hybridized carbons (Fsp3) is 0.350. The summed E-state index contributed by atoms with van der Waals surface area (Å²) in [5, 5.41) is 0. The maximum atomic E-state index is 12.0. The molecule has 2 aromatic rings. The zero-order valence-corrected chi connectivity index (χ0v) is 14.4. The van der Waals surface area contributed by atoms with Gasteiger partial charge >= 0.3 is 5.97 Å². The second-order valence-corrected chi connectivity index (χ2v) is 6.84. The molecular formula is C20H20N2O4. The maximum Gasteiger partial charge on any atom is 0.340 e. The van der Waals surface area contributed by atoms with E-state index in [4.69, 9.17) is 14.2 Å². The van der Waals surface area contributed by atoms with Crippen LogP contribution < -0.4 is 9.47 Å². The van der Waals surface area contributed by atoms with Gasteiger partial charge in [0.1, 0.15) is 0 Å². The third-order valence-electron chi connectivity index (χ3n) is 5.25. The highest BCUT2D eigenvalue weighted by Crippen LogP contribution is 2.35. The van der Waals surface area contributed by atoms with Crippen molar-refractivity contribution in [3.8, 4) is 11.5 Å². The van der Waals surface area contributed by atoms with Crippen LogP contribution in [0.25, 0.3) is 0 Å². The molecule has 1 unspecified atom stereocenters. The summed E-state index contributed by atoms with van der Waals surface area (Å²) < 4.78 is 16.4. The minimum absolute atomic E-state index is 0.214. The van der Waals surface area contributed by atoms with E-state index >= 15 is 0 Å². The number of fused-ring (bicyclic) bond motifs is 2. The molecule has 0 radical (unpaired) electrons. The molecule has 1 saturated heterocycles. The number of hydrogen-bond acceptors (Lipinski definition) is 6. The number of nitrogens with zero attached hydrogens (tertiary/aromatic N) is 2. The normalized spacial score (nSPS) is 22.3. The van der Waals surface area contributed by atoms with Crippen molar-refractivity contribution in [2.75, 3.05) is 33.0 Å². The van der Waals surface area contributed by atoms with Crippen LogP contribution in [0.4, 0.5) is 0 Å². The lowest BCUT2D eigenvalue weighted by Gasteiger charge is -2.37. The molecule has 5 rings (SSSR count). The van der Waals surface area contributed by atoms with Gasteiger partial charge in [0.05, 0.1) is 5.56 Å². The molecule has 6 heteroatoms. The van der Waals surface area contributed by atoms with E-state index in [0.717, 1.165) is 49.8 Å². The number of carbonyl (C=O) groups is 1. The molecule has 6 nitrogen and oxygen atoms in total. The van der Waals surface area contributed by atoms with Crippen LogP contribution >= 0.6 is 0 Å². The summed E-state index contributed by atoms with van der Waals surface area (Å²) >= 11 is 0. The molecule has 2 aromatic carbocycles. The summed E-state index contributed by atoms with van der Waals surface area (Å²) in [5.41, 5.74) is 2.90. The van der Waals surface area contributed by atoms with Gasteiger partial charge in [-0.25, -0.2) is 4.79 Å². The lowest BCUT2D eigenvalue weighted by atomic mass is 10.1. The van der Waals surface area contributed by atoms with Gasteiger partial charge in [-0.15, -0.1) is 0 Å². The van der Waals surface area contributed by atoms with Crippen LogP contribution in [0.1, 0.15) is 27.7 Å². The van der Waals surface area contributed by atoms with Crippen molar-refractivity contribution in [3.05, 3.63) is 59.2 Å². The van der Waals surface area contributed by atoms with Gasteiger partial charge in [-0.2, -0.15) is 0 Å². The van der Waals surface area contributed by atoms with Gasteiger partial charge in [0.15, 0.2) is 17.7 Å². The predicted octanol–water partition coefficient (Wildman–Crippen LogP) is 2.40. The molecule has 0 aromatic heterocycles. The molecular weight excluding hydrogens is 332 g/mol. The summed E-state index contributed by atoms with van der Waals surface area (Å²) in [6.07, 6.45) is -0.244. The number of hydrogen-bond donors (Lipinski definition) is 0. The SMILES string of the molecule is O=C1OC(N2CCN(Cc3ccc4c(c3)OCO4)CC2)c2ccccc21. The van der Waals surface area contributed by atoms with E-state index in [2.05, 4.69) is 21.9 Å². The lowest BCUT2D eigenvalue weighted by molar-refractivity contribution is -0.0419. The van der Waals surface area contributed by atoms with Gasteiger partial charge in [-0.3, -0.25) is 9.80 Å². The zero-order valence-electron chi connectivity index (χ0n) is 14.4. The summed E-state index contributed by atoms with van der Waals surface area (Å²) in [6.45, 7) is 4.80. The van der Waals surface area contributed by atoms with Crippen LogP contribution in [0, 0.1) is 0 Å². The number of piperazine rings is 1. The van der Waals surface area contributed by atoms with Gasteiger partial charge in [0, 0.05) is 38.3 Å². The largest absolute Gasteiger partial charge is 0.454 e. The number of cyclic esters (lactones) is 1. The monoisotopic (exact) mass is 352 g/mol. The summed E-state index contributed by atoms with van der Waals surface area (Å²) in [4.78, 5) is 16.7. The third-order valence-corrected chi connectivity index (χ3v) is 5.25. The first-order chi connectivity index (χ1) is 12.8. The predicted molar refractivity (Wildman–Crippen MR) is 94.0 cm³/mol. The van der Waals surface area contributed by atoms with E-state index in [0.29, 0.717) is 12.4 Å². The molecule has 3 aliphatic heterocycles. The average molecular weight is 352 g/mol. The Kier molecular flexibility index (Phi) is 3.80. The van der Waals surface area contributed by atoms with Crippen molar-refractivity contribution < 1.29 is 19.0 Å². The lowest BCUT2D eigenvalue weighted by Crippen LogP contribution is -2.47. The molecule has 1 fully saturated rings. The number of ether oxygens (including phenoxy) is 3. The Hall–Kier alpha value is -2.57. The Balaban J connectivity index is 1.22. The second-order valence-electron chi connectivity index (χ2n) is 6.84. The summed E-state index contributed by atoms with van der Waals surface area (Å²) in [6, 6.07) is 13.8. The Morgan fingerprint density at radius 3 is 2.65 bits per heavy atom. The van der Waals surface area contributed by atoms with Crippen LogP contribution in [0.15, 0.2) is 42.5 Å². The van der Waals surface area contributed by atoms with Gasteiger partial charge < -0.3 is 14.2 Å². The molecule has 0 bridgehead atoms. The van der Waals surface area contributed by atoms with E-state index in [1.165, 1.54) is 5.56 Å². The minimum atomic E-state index is -0.244. The molecule has 3 aliphatic rings. The van der Waals surface area contributed by atoms with Gasteiger partial charge in [-0.05, 0) is 23.8 Å². The highest BCUT2D eigenvalue weighted by Gasteiger charge is 2.36. The fourth-order valence-corrected chi connectivity index (χ4v) is 3.85. The highest BCUT2D eigenvalue weighted by molar-refractivity contribution is 5.93. The zero-order chi connectivity index (χ0) is 17.5. The topological polar surface area (TPSA) is 51.2 Å². The van der Waals surface area contributed by atoms with Crippen molar-refractivity contribution in [1.29, 1.82) is 0 Å². The Morgan fingerprint density at radius 1 is 0.962 bits per heavy atom. The molecule has 1 atom stereocenters.